The van der Waals surface area contributed by atoms with Crippen molar-refractivity contribution in [1.82, 2.24) is 0 Å². The predicted molar refractivity (Wildman–Crippen MR) is 231 cm³/mol. The molecule has 0 aliphatic heterocycles. The summed E-state index contributed by atoms with van der Waals surface area (Å²) in [5.74, 6) is 6.51. The van der Waals surface area contributed by atoms with Gasteiger partial charge < -0.3 is 14.8 Å². The summed E-state index contributed by atoms with van der Waals surface area (Å²) in [5, 5.41) is 4.10. The average Bonchev–Trinajstić information content (AvgIpc) is 3.12. The number of carbonyl (C=O) groups is 1. The molecule has 0 spiro atoms. The van der Waals surface area contributed by atoms with Crippen LogP contribution in [0.4, 0.5) is 11.4 Å². The van der Waals surface area contributed by atoms with E-state index in [0.717, 1.165) is 52.9 Å². The normalized spacial score (nSPS) is 25.2. The quantitative estimate of drug-likeness (QED) is 0.126. The Morgan fingerprint density at radius 3 is 1.77 bits per heavy atom. The zero-order valence-corrected chi connectivity index (χ0v) is 36.4. The van der Waals surface area contributed by atoms with E-state index in [2.05, 4.69) is 85.0 Å². The van der Waals surface area contributed by atoms with E-state index < -0.39 is 5.97 Å². The van der Waals surface area contributed by atoms with Crippen molar-refractivity contribution in [2.24, 2.45) is 47.3 Å². The molecule has 0 fully saturated rings. The Balaban J connectivity index is 0.000000286. The van der Waals surface area contributed by atoms with Gasteiger partial charge in [0.1, 0.15) is 0 Å². The number of allylic oxidation sites excluding steroid dienone is 4. The van der Waals surface area contributed by atoms with Crippen LogP contribution >= 0.6 is 23.2 Å². The van der Waals surface area contributed by atoms with Gasteiger partial charge in [0, 0.05) is 6.61 Å². The van der Waals surface area contributed by atoms with E-state index in [-0.39, 0.29) is 6.79 Å². The third-order valence-corrected chi connectivity index (χ3v) is 11.9. The fourth-order valence-corrected chi connectivity index (χ4v) is 7.49. The van der Waals surface area contributed by atoms with Gasteiger partial charge in [-0.1, -0.05) is 134 Å². The van der Waals surface area contributed by atoms with Crippen LogP contribution in [-0.2, 0) is 9.47 Å². The van der Waals surface area contributed by atoms with Gasteiger partial charge in [0.05, 0.1) is 27.0 Å². The predicted octanol–water partition coefficient (Wildman–Crippen LogP) is 15.3. The highest BCUT2D eigenvalue weighted by Crippen LogP contribution is 2.36. The molecule has 4 rings (SSSR count). The molecule has 0 radical (unpaired) electrons. The lowest BCUT2D eigenvalue weighted by Gasteiger charge is -2.24. The molecule has 2 aliphatic carbocycles. The summed E-state index contributed by atoms with van der Waals surface area (Å²) in [5.41, 5.74) is 2.37. The number of hydrogen-bond acceptors (Lipinski definition) is 4. The Morgan fingerprint density at radius 1 is 0.755 bits per heavy atom. The number of esters is 1. The third kappa shape index (κ3) is 18.3. The summed E-state index contributed by atoms with van der Waals surface area (Å²) in [4.78, 5) is 12.2. The fraction of sp³-hybridized carbons (Fsp3) is 0.638. The number of nitrogens with one attached hydrogen (secondary N) is 1. The van der Waals surface area contributed by atoms with Crippen molar-refractivity contribution >= 4 is 40.5 Å². The molecule has 0 heterocycles. The van der Waals surface area contributed by atoms with Crippen LogP contribution in [0, 0.1) is 54.3 Å². The van der Waals surface area contributed by atoms with Gasteiger partial charge in [-0.15, -0.1) is 0 Å². The molecule has 0 bridgehead atoms. The van der Waals surface area contributed by atoms with Crippen LogP contribution in [-0.4, -0.2) is 19.4 Å². The summed E-state index contributed by atoms with van der Waals surface area (Å²) >= 11 is 12.5. The summed E-state index contributed by atoms with van der Waals surface area (Å²) in [7, 11) is 0. The summed E-state index contributed by atoms with van der Waals surface area (Å²) < 4.78 is 10.1. The minimum absolute atomic E-state index is 0.0877. The van der Waals surface area contributed by atoms with Gasteiger partial charge in [-0.3, -0.25) is 0 Å². The number of halogens is 2. The van der Waals surface area contributed by atoms with Crippen LogP contribution in [0.1, 0.15) is 142 Å². The number of aryl methyl sites for hydroxylation is 1. The molecule has 0 saturated heterocycles. The lowest BCUT2D eigenvalue weighted by molar-refractivity contribution is -0.0273. The Kier molecular flexibility index (Phi) is 22.8. The molecule has 53 heavy (non-hydrogen) atoms. The van der Waals surface area contributed by atoms with Gasteiger partial charge in [0.25, 0.3) is 0 Å². The topological polar surface area (TPSA) is 47.6 Å². The SMILES string of the molecule is CC(C)[C@H]1CC[C@@H](C)C/C=C/[C@@H](C)CC1.CC(C)[C@H]1CC[C@@H](C)C/C=C/[C@@H](C)CC1.CCOCOC(=O)c1ccccc1Nc1c(Cl)ccc(C)c1Cl. The van der Waals surface area contributed by atoms with Crippen molar-refractivity contribution in [3.8, 4) is 0 Å². The summed E-state index contributed by atoms with van der Waals surface area (Å²) in [6.45, 7) is 23.2. The Morgan fingerprint density at radius 2 is 1.26 bits per heavy atom. The average molecular weight is 771 g/mol. The van der Waals surface area contributed by atoms with Crippen molar-refractivity contribution in [3.63, 3.8) is 0 Å². The van der Waals surface area contributed by atoms with E-state index in [1.165, 1.54) is 64.2 Å². The molecule has 298 valence electrons. The van der Waals surface area contributed by atoms with Crippen molar-refractivity contribution in [3.05, 3.63) is 81.9 Å². The summed E-state index contributed by atoms with van der Waals surface area (Å²) in [6, 6.07) is 10.6. The Bertz CT molecular complexity index is 1340. The van der Waals surface area contributed by atoms with E-state index in [9.17, 15) is 4.79 Å². The first kappa shape index (κ1) is 46.9. The van der Waals surface area contributed by atoms with Crippen LogP contribution in [0.25, 0.3) is 0 Å². The zero-order valence-electron chi connectivity index (χ0n) is 34.9. The van der Waals surface area contributed by atoms with Gasteiger partial charge in [-0.25, -0.2) is 4.79 Å². The van der Waals surface area contributed by atoms with Crippen LogP contribution in [0.15, 0.2) is 60.7 Å². The van der Waals surface area contributed by atoms with Crippen molar-refractivity contribution < 1.29 is 14.3 Å². The maximum Gasteiger partial charge on any atom is 0.342 e. The molecule has 0 unspecified atom stereocenters. The van der Waals surface area contributed by atoms with Crippen LogP contribution in [0.5, 0.6) is 0 Å². The van der Waals surface area contributed by atoms with E-state index in [4.69, 9.17) is 32.7 Å². The van der Waals surface area contributed by atoms with E-state index in [1.807, 2.05) is 19.9 Å². The number of ether oxygens (including phenoxy) is 2. The number of carbonyl (C=O) groups excluding carboxylic acids is 1. The standard InChI is InChI=1S/C17H17Cl2NO3.2C15H28/c1-3-22-10-23-17(21)12-6-4-5-7-14(12)20-16-13(18)9-8-11(2)15(16)19;2*1-12(2)15-10-8-13(3)6-5-7-14(4)9-11-15/h4-9,20H,3,10H2,1-2H3;2*5-6,12-15H,7-11H2,1-4H3/b;2*6-5+/t;2*13-,14+,15-/m.11/s1. The second kappa shape index (κ2) is 25.7. The first-order valence-corrected chi connectivity index (χ1v) is 21.4. The van der Waals surface area contributed by atoms with E-state index in [0.29, 0.717) is 33.6 Å². The minimum Gasteiger partial charge on any atom is -0.435 e. The molecule has 0 saturated carbocycles. The molecule has 1 N–H and O–H groups in total. The molecule has 2 aromatic rings. The van der Waals surface area contributed by atoms with E-state index >= 15 is 0 Å². The number of anilines is 2. The molecule has 6 heteroatoms. The highest BCUT2D eigenvalue weighted by molar-refractivity contribution is 6.39. The maximum atomic E-state index is 12.2. The second-order valence-electron chi connectivity index (χ2n) is 16.6. The number of para-hydroxylation sites is 1. The Hall–Kier alpha value is -2.27. The summed E-state index contributed by atoms with van der Waals surface area (Å²) in [6.07, 6.45) is 23.6. The minimum atomic E-state index is -0.485. The third-order valence-electron chi connectivity index (χ3n) is 11.1. The molecule has 2 aromatic carbocycles. The van der Waals surface area contributed by atoms with Gasteiger partial charge >= 0.3 is 5.97 Å². The van der Waals surface area contributed by atoms with Gasteiger partial charge in [-0.05, 0) is 136 Å². The van der Waals surface area contributed by atoms with Gasteiger partial charge in [-0.2, -0.15) is 0 Å². The molecule has 6 atom stereocenters. The first-order valence-electron chi connectivity index (χ1n) is 20.6. The lowest BCUT2D eigenvalue weighted by Crippen LogP contribution is -2.12. The molecular formula is C47H73Cl2NO3. The molecular weight excluding hydrogens is 697 g/mol. The van der Waals surface area contributed by atoms with Crippen LogP contribution in [0.2, 0.25) is 10.0 Å². The Labute approximate surface area is 334 Å². The first-order chi connectivity index (χ1) is 25.2. The van der Waals surface area contributed by atoms with E-state index in [1.54, 1.807) is 30.3 Å². The smallest absolute Gasteiger partial charge is 0.342 e. The van der Waals surface area contributed by atoms with Crippen molar-refractivity contribution in [1.29, 1.82) is 0 Å². The molecule has 0 aromatic heterocycles. The fourth-order valence-electron chi connectivity index (χ4n) is 7.02. The van der Waals surface area contributed by atoms with Crippen molar-refractivity contribution in [2.75, 3.05) is 18.7 Å². The lowest BCUT2D eigenvalue weighted by atomic mass is 9.82. The highest BCUT2D eigenvalue weighted by Gasteiger charge is 2.19. The number of hydrogen-bond donors (Lipinski definition) is 1. The zero-order chi connectivity index (χ0) is 39.3. The van der Waals surface area contributed by atoms with Crippen molar-refractivity contribution in [2.45, 2.75) is 133 Å². The van der Waals surface area contributed by atoms with Gasteiger partial charge in [0.2, 0.25) is 0 Å². The van der Waals surface area contributed by atoms with Crippen LogP contribution in [0.3, 0.4) is 0 Å². The largest absolute Gasteiger partial charge is 0.435 e. The number of rotatable bonds is 8. The number of benzene rings is 2. The van der Waals surface area contributed by atoms with Crippen LogP contribution < -0.4 is 5.32 Å². The molecule has 2 aliphatic rings. The maximum absolute atomic E-state index is 12.2. The molecule has 0 amide bonds. The second-order valence-corrected chi connectivity index (χ2v) is 17.4. The highest BCUT2D eigenvalue weighted by atomic mass is 35.5. The molecule has 4 nitrogen and oxygen atoms in total. The van der Waals surface area contributed by atoms with Gasteiger partial charge in [0.15, 0.2) is 6.79 Å². The monoisotopic (exact) mass is 769 g/mol.